The van der Waals surface area contributed by atoms with Gasteiger partial charge in [0.2, 0.25) is 0 Å². The molecule has 6 nitrogen and oxygen atoms in total. The van der Waals surface area contributed by atoms with E-state index in [0.717, 1.165) is 64.2 Å². The number of hydrogen-bond acceptors (Lipinski definition) is 6. The molecule has 0 aliphatic carbocycles. The summed E-state index contributed by atoms with van der Waals surface area (Å²) in [5.41, 5.74) is 0. The van der Waals surface area contributed by atoms with Crippen LogP contribution in [0.4, 0.5) is 0 Å². The first-order valence-corrected chi connectivity index (χ1v) is 28.7. The summed E-state index contributed by atoms with van der Waals surface area (Å²) in [5, 5.41) is 0. The van der Waals surface area contributed by atoms with Gasteiger partial charge in [0, 0.05) is 19.3 Å². The van der Waals surface area contributed by atoms with Crippen molar-refractivity contribution >= 4 is 17.9 Å². The largest absolute Gasteiger partial charge is 0.462 e. The van der Waals surface area contributed by atoms with Crippen LogP contribution in [-0.2, 0) is 28.6 Å². The molecule has 0 aromatic heterocycles. The van der Waals surface area contributed by atoms with Gasteiger partial charge in [-0.2, -0.15) is 0 Å². The highest BCUT2D eigenvalue weighted by Crippen LogP contribution is 2.17. The van der Waals surface area contributed by atoms with Crippen molar-refractivity contribution in [2.75, 3.05) is 13.2 Å². The van der Waals surface area contributed by atoms with E-state index < -0.39 is 6.10 Å². The van der Waals surface area contributed by atoms with Crippen LogP contribution in [0.3, 0.4) is 0 Å². The second-order valence-electron chi connectivity index (χ2n) is 19.6. The zero-order valence-electron chi connectivity index (χ0n) is 43.3. The third kappa shape index (κ3) is 51.1. The van der Waals surface area contributed by atoms with E-state index >= 15 is 0 Å². The SMILES string of the molecule is CCCCCC/C=C\CCCCCCCC(=O)OC[C@H](COC(=O)CCCCCCCCCCCCCCCCCCCCCCC)OC(=O)CCCCCCCCCCCCCC. The van der Waals surface area contributed by atoms with Crippen molar-refractivity contribution in [3.63, 3.8) is 0 Å². The first-order chi connectivity index (χ1) is 31.5. The number of allylic oxidation sites excluding steroid dienone is 2. The summed E-state index contributed by atoms with van der Waals surface area (Å²) in [7, 11) is 0. The Morgan fingerprint density at radius 3 is 0.797 bits per heavy atom. The minimum atomic E-state index is -0.767. The molecule has 1 atom stereocenters. The van der Waals surface area contributed by atoms with Crippen molar-refractivity contribution in [1.82, 2.24) is 0 Å². The smallest absolute Gasteiger partial charge is 0.306 e. The summed E-state index contributed by atoms with van der Waals surface area (Å²) < 4.78 is 16.8. The first-order valence-electron chi connectivity index (χ1n) is 28.7. The Hall–Kier alpha value is -1.85. The van der Waals surface area contributed by atoms with E-state index in [1.807, 2.05) is 0 Å². The fourth-order valence-electron chi connectivity index (χ4n) is 8.68. The van der Waals surface area contributed by atoms with Crippen molar-refractivity contribution < 1.29 is 28.6 Å². The van der Waals surface area contributed by atoms with Crippen LogP contribution in [0.25, 0.3) is 0 Å². The van der Waals surface area contributed by atoms with Crippen molar-refractivity contribution in [1.29, 1.82) is 0 Å². The van der Waals surface area contributed by atoms with Gasteiger partial charge in [-0.1, -0.05) is 270 Å². The van der Waals surface area contributed by atoms with E-state index in [2.05, 4.69) is 32.9 Å². The van der Waals surface area contributed by atoms with E-state index in [1.165, 1.54) is 218 Å². The summed E-state index contributed by atoms with van der Waals surface area (Å²) in [4.78, 5) is 38.0. The fraction of sp³-hybridized carbons (Fsp3) is 0.914. The van der Waals surface area contributed by atoms with Gasteiger partial charge in [-0.05, 0) is 44.9 Å². The number of carbonyl (C=O) groups is 3. The maximum atomic E-state index is 12.8. The summed E-state index contributed by atoms with van der Waals surface area (Å²) in [6.07, 6.45) is 60.6. The van der Waals surface area contributed by atoms with Gasteiger partial charge in [0.1, 0.15) is 13.2 Å². The van der Waals surface area contributed by atoms with Gasteiger partial charge in [0.15, 0.2) is 6.10 Å². The summed E-state index contributed by atoms with van der Waals surface area (Å²) >= 11 is 0. The Morgan fingerprint density at radius 1 is 0.297 bits per heavy atom. The molecule has 0 saturated carbocycles. The Bertz CT molecular complexity index is 993. The van der Waals surface area contributed by atoms with Gasteiger partial charge >= 0.3 is 17.9 Å². The van der Waals surface area contributed by atoms with Gasteiger partial charge in [0.25, 0.3) is 0 Å². The highest BCUT2D eigenvalue weighted by molar-refractivity contribution is 5.71. The molecule has 0 radical (unpaired) electrons. The predicted molar refractivity (Wildman–Crippen MR) is 275 cm³/mol. The lowest BCUT2D eigenvalue weighted by atomic mass is 10.0. The maximum absolute atomic E-state index is 12.8. The van der Waals surface area contributed by atoms with Crippen LogP contribution in [0.5, 0.6) is 0 Å². The van der Waals surface area contributed by atoms with Crippen LogP contribution >= 0.6 is 0 Å². The zero-order chi connectivity index (χ0) is 46.5. The van der Waals surface area contributed by atoms with Crippen LogP contribution in [0.1, 0.15) is 323 Å². The summed E-state index contributed by atoms with van der Waals surface area (Å²) in [6.45, 7) is 6.67. The van der Waals surface area contributed by atoms with Crippen LogP contribution in [-0.4, -0.2) is 37.2 Å². The maximum Gasteiger partial charge on any atom is 0.306 e. The molecule has 0 spiro atoms. The molecule has 0 N–H and O–H groups in total. The highest BCUT2D eigenvalue weighted by Gasteiger charge is 2.19. The Kier molecular flexibility index (Phi) is 52.2. The topological polar surface area (TPSA) is 78.9 Å². The van der Waals surface area contributed by atoms with Crippen molar-refractivity contribution in [2.45, 2.75) is 329 Å². The molecule has 378 valence electrons. The standard InChI is InChI=1S/C58H110O6/c1-4-7-10-13-16-19-22-25-26-27-28-29-30-31-32-34-37-39-42-45-48-51-57(60)63-54-55(64-58(61)52-49-46-43-40-35-24-21-18-15-12-9-6-3)53-62-56(59)50-47-44-41-38-36-33-23-20-17-14-11-8-5-2/h20,23,55H,4-19,21-22,24-54H2,1-3H3/b23-20-/t55-/m1/s1. The van der Waals surface area contributed by atoms with Crippen molar-refractivity contribution in [3.8, 4) is 0 Å². The molecule has 0 aromatic carbocycles. The molecule has 0 bridgehead atoms. The highest BCUT2D eigenvalue weighted by atomic mass is 16.6. The molecule has 0 heterocycles. The first kappa shape index (κ1) is 62.1. The molecule has 0 aliphatic heterocycles. The molecule has 0 saturated heterocycles. The normalized spacial score (nSPS) is 12.0. The lowest BCUT2D eigenvalue weighted by molar-refractivity contribution is -0.167. The average molecular weight is 904 g/mol. The van der Waals surface area contributed by atoms with E-state index in [0.29, 0.717) is 19.3 Å². The van der Waals surface area contributed by atoms with Crippen LogP contribution < -0.4 is 0 Å². The predicted octanol–water partition coefficient (Wildman–Crippen LogP) is 18.9. The molecule has 0 amide bonds. The summed E-state index contributed by atoms with van der Waals surface area (Å²) in [6, 6.07) is 0. The van der Waals surface area contributed by atoms with Crippen LogP contribution in [0.2, 0.25) is 0 Å². The number of ether oxygens (including phenoxy) is 3. The second kappa shape index (κ2) is 53.8. The number of rotatable bonds is 53. The second-order valence-corrected chi connectivity index (χ2v) is 19.6. The molecule has 0 fully saturated rings. The Labute approximate surface area is 399 Å². The molecular weight excluding hydrogens is 793 g/mol. The van der Waals surface area contributed by atoms with Crippen molar-refractivity contribution in [3.05, 3.63) is 12.2 Å². The van der Waals surface area contributed by atoms with E-state index in [-0.39, 0.29) is 31.1 Å². The fourth-order valence-corrected chi connectivity index (χ4v) is 8.68. The third-order valence-electron chi connectivity index (χ3n) is 13.0. The van der Waals surface area contributed by atoms with E-state index in [9.17, 15) is 14.4 Å². The minimum absolute atomic E-state index is 0.0667. The minimum Gasteiger partial charge on any atom is -0.462 e. The Balaban J connectivity index is 4.23. The molecule has 6 heteroatoms. The molecule has 0 unspecified atom stereocenters. The molecule has 0 aliphatic rings. The molecular formula is C58H110O6. The van der Waals surface area contributed by atoms with Gasteiger partial charge in [-0.15, -0.1) is 0 Å². The number of esters is 3. The third-order valence-corrected chi connectivity index (χ3v) is 13.0. The van der Waals surface area contributed by atoms with E-state index in [1.54, 1.807) is 0 Å². The lowest BCUT2D eigenvalue weighted by Crippen LogP contribution is -2.30. The van der Waals surface area contributed by atoms with Gasteiger partial charge in [-0.3, -0.25) is 14.4 Å². The molecule has 64 heavy (non-hydrogen) atoms. The average Bonchev–Trinajstić information content (AvgIpc) is 3.29. The molecule has 0 rings (SSSR count). The number of unbranched alkanes of at least 4 members (excludes halogenated alkanes) is 40. The summed E-state index contributed by atoms with van der Waals surface area (Å²) in [5.74, 6) is -0.854. The zero-order valence-corrected chi connectivity index (χ0v) is 43.3. The van der Waals surface area contributed by atoms with E-state index in [4.69, 9.17) is 14.2 Å². The number of hydrogen-bond donors (Lipinski definition) is 0. The number of carbonyl (C=O) groups excluding carboxylic acids is 3. The van der Waals surface area contributed by atoms with Gasteiger partial charge in [-0.25, -0.2) is 0 Å². The van der Waals surface area contributed by atoms with Crippen LogP contribution in [0, 0.1) is 0 Å². The van der Waals surface area contributed by atoms with Gasteiger partial charge in [0.05, 0.1) is 0 Å². The quantitative estimate of drug-likeness (QED) is 0.0262. The molecule has 0 aromatic rings. The monoisotopic (exact) mass is 903 g/mol. The van der Waals surface area contributed by atoms with Crippen molar-refractivity contribution in [2.24, 2.45) is 0 Å². The Morgan fingerprint density at radius 2 is 0.516 bits per heavy atom. The van der Waals surface area contributed by atoms with Crippen LogP contribution in [0.15, 0.2) is 12.2 Å². The van der Waals surface area contributed by atoms with Gasteiger partial charge < -0.3 is 14.2 Å². The lowest BCUT2D eigenvalue weighted by Gasteiger charge is -2.18.